The number of hydrogen-bond donors (Lipinski definition) is 0. The van der Waals surface area contributed by atoms with Crippen LogP contribution in [0.5, 0.6) is 0 Å². The van der Waals surface area contributed by atoms with Crippen LogP contribution in [0.15, 0.2) is 0 Å². The summed E-state index contributed by atoms with van der Waals surface area (Å²) in [6, 6.07) is 0. The molecule has 0 aliphatic rings. The van der Waals surface area contributed by atoms with E-state index in [1.54, 1.807) is 6.92 Å². The summed E-state index contributed by atoms with van der Waals surface area (Å²) in [5, 5.41) is 18.7. The van der Waals surface area contributed by atoms with Gasteiger partial charge >= 0.3 is 37.7 Å². The van der Waals surface area contributed by atoms with E-state index in [2.05, 4.69) is 4.65 Å². The fourth-order valence-corrected chi connectivity index (χ4v) is 0.136. The van der Waals surface area contributed by atoms with Crippen LogP contribution in [0.4, 0.5) is 0 Å². The summed E-state index contributed by atoms with van der Waals surface area (Å²) in [7, 11) is -2.10. The van der Waals surface area contributed by atoms with Crippen molar-refractivity contribution in [1.29, 1.82) is 0 Å². The normalized spacial score (nSPS) is 6.38. The Labute approximate surface area is 73.3 Å². The van der Waals surface area contributed by atoms with Crippen molar-refractivity contribution in [3.8, 4) is 0 Å². The first-order valence-corrected chi connectivity index (χ1v) is 1.70. The molecule has 0 atom stereocenters. The molecule has 0 aliphatic carbocycles. The summed E-state index contributed by atoms with van der Waals surface area (Å²) in [5.74, 6) is 0. The van der Waals surface area contributed by atoms with Crippen molar-refractivity contribution in [3.05, 3.63) is 0 Å². The van der Waals surface area contributed by atoms with Crippen LogP contribution in [0.25, 0.3) is 0 Å². The van der Waals surface area contributed by atoms with Crippen molar-refractivity contribution in [3.63, 3.8) is 0 Å². The number of hydrogen-bond acceptors (Lipinski definition) is 3. The summed E-state index contributed by atoms with van der Waals surface area (Å²) in [6.45, 7) is 1.81. The summed E-state index contributed by atoms with van der Waals surface area (Å²) in [5.41, 5.74) is 0. The van der Waals surface area contributed by atoms with E-state index in [1.165, 1.54) is 0 Å². The van der Waals surface area contributed by atoms with Crippen molar-refractivity contribution < 1.29 is 52.4 Å². The van der Waals surface area contributed by atoms with Gasteiger partial charge in [-0.25, -0.2) is 0 Å². The van der Waals surface area contributed by atoms with E-state index < -0.39 is 7.32 Å². The zero-order valence-electron chi connectivity index (χ0n) is 5.51. The fourth-order valence-electron chi connectivity index (χ4n) is 0.136. The van der Waals surface area contributed by atoms with E-state index in [4.69, 9.17) is 0 Å². The summed E-state index contributed by atoms with van der Waals surface area (Å²) >= 11 is 0. The molecule has 0 aromatic heterocycles. The van der Waals surface area contributed by atoms with Crippen LogP contribution in [0.3, 0.4) is 0 Å². The van der Waals surface area contributed by atoms with E-state index in [-0.39, 0.29) is 44.3 Å². The van der Waals surface area contributed by atoms with Crippen molar-refractivity contribution in [2.75, 3.05) is 6.61 Å². The van der Waals surface area contributed by atoms with Crippen molar-refractivity contribution in [2.45, 2.75) is 6.92 Å². The van der Waals surface area contributed by atoms with Gasteiger partial charge in [0.2, 0.25) is 0 Å². The van der Waals surface area contributed by atoms with Gasteiger partial charge in [0.05, 0.1) is 7.32 Å². The fraction of sp³-hybridized carbons (Fsp3) is 1.00. The Morgan fingerprint density at radius 3 is 1.75 bits per heavy atom. The second kappa shape index (κ2) is 11.0. The van der Waals surface area contributed by atoms with E-state index in [0.717, 1.165) is 0 Å². The summed E-state index contributed by atoms with van der Waals surface area (Å²) < 4.78 is 3.93. The molecule has 0 amide bonds. The minimum atomic E-state index is -2.10. The molecule has 0 unspecified atom stereocenters. The van der Waals surface area contributed by atoms with E-state index >= 15 is 0 Å². The van der Waals surface area contributed by atoms with Gasteiger partial charge in [0.15, 0.2) is 0 Å². The third-order valence-electron chi connectivity index (χ3n) is 0.303. The first-order valence-electron chi connectivity index (χ1n) is 1.70. The zero-order chi connectivity index (χ0) is 4.99. The molecule has 0 saturated heterocycles. The monoisotopic (exact) mass is 102 g/mol. The molecule has 0 aromatic carbocycles. The molecule has 3 nitrogen and oxygen atoms in total. The minimum absolute atomic E-state index is 0. The van der Waals surface area contributed by atoms with Gasteiger partial charge in [-0.2, -0.15) is 0 Å². The summed E-state index contributed by atoms with van der Waals surface area (Å²) in [4.78, 5) is 0. The Balaban J connectivity index is -0.000000125. The van der Waals surface area contributed by atoms with Crippen LogP contribution in [0, 0.1) is 0 Å². The molecular formula is C2H5BLi2O3. The van der Waals surface area contributed by atoms with Crippen LogP contribution in [-0.2, 0) is 4.65 Å². The first-order chi connectivity index (χ1) is 2.77. The third kappa shape index (κ3) is 15.7. The third-order valence-corrected chi connectivity index (χ3v) is 0.303. The van der Waals surface area contributed by atoms with Gasteiger partial charge in [0.1, 0.15) is 0 Å². The molecule has 0 spiro atoms. The standard InChI is InChI=1S/C2H5BO3.2Li/c1-2-6-3(4)5;;/h2H2,1H3;;/q-2;2*+1. The minimum Gasteiger partial charge on any atom is -0.871 e. The molecule has 0 bridgehead atoms. The first kappa shape index (κ1) is 16.1. The van der Waals surface area contributed by atoms with Gasteiger partial charge in [-0.1, -0.05) is 0 Å². The molecule has 0 fully saturated rings. The van der Waals surface area contributed by atoms with E-state index in [0.29, 0.717) is 0 Å². The van der Waals surface area contributed by atoms with Gasteiger partial charge < -0.3 is 14.7 Å². The Morgan fingerprint density at radius 2 is 1.75 bits per heavy atom. The molecule has 8 heavy (non-hydrogen) atoms. The summed E-state index contributed by atoms with van der Waals surface area (Å²) in [6.07, 6.45) is 0. The molecule has 0 aliphatic heterocycles. The molecule has 36 valence electrons. The molecule has 0 radical (unpaired) electrons. The van der Waals surface area contributed by atoms with Crippen LogP contribution in [-0.4, -0.2) is 13.9 Å². The van der Waals surface area contributed by atoms with Gasteiger partial charge in [0.25, 0.3) is 0 Å². The Morgan fingerprint density at radius 1 is 1.38 bits per heavy atom. The SMILES string of the molecule is CCOB([O-])[O-].[Li+].[Li+]. The van der Waals surface area contributed by atoms with Gasteiger partial charge in [0, 0.05) is 6.61 Å². The quantitative estimate of drug-likeness (QED) is 0.325. The predicted octanol–water partition coefficient (Wildman–Crippen LogP) is -8.26. The van der Waals surface area contributed by atoms with Crippen molar-refractivity contribution >= 4 is 7.32 Å². The van der Waals surface area contributed by atoms with Gasteiger partial charge in [-0.3, -0.25) is 0 Å². The Bertz CT molecular complexity index is 36.5. The molecule has 0 N–H and O–H groups in total. The maximum Gasteiger partial charge on any atom is 1.00 e. The average Bonchev–Trinajstić information content (AvgIpc) is 1.35. The van der Waals surface area contributed by atoms with Crippen LogP contribution < -0.4 is 47.8 Å². The molecule has 6 heteroatoms. The molecule has 0 rings (SSSR count). The van der Waals surface area contributed by atoms with Crippen molar-refractivity contribution in [2.24, 2.45) is 0 Å². The molecule has 0 aromatic rings. The largest absolute Gasteiger partial charge is 1.00 e. The molecule has 0 saturated carbocycles. The predicted molar refractivity (Wildman–Crippen MR) is 17.4 cm³/mol. The molecule has 0 heterocycles. The van der Waals surface area contributed by atoms with Crippen LogP contribution >= 0.6 is 0 Å². The smallest absolute Gasteiger partial charge is 0.871 e. The maximum atomic E-state index is 9.35. The Hall–Kier alpha value is 1.14. The van der Waals surface area contributed by atoms with Crippen molar-refractivity contribution in [1.82, 2.24) is 0 Å². The zero-order valence-corrected chi connectivity index (χ0v) is 5.51. The Kier molecular flexibility index (Phi) is 22.1. The van der Waals surface area contributed by atoms with Gasteiger partial charge in [-0.15, -0.1) is 0 Å². The second-order valence-corrected chi connectivity index (χ2v) is 0.744. The van der Waals surface area contributed by atoms with Gasteiger partial charge in [-0.05, 0) is 6.92 Å². The second-order valence-electron chi connectivity index (χ2n) is 0.744. The van der Waals surface area contributed by atoms with Crippen LogP contribution in [0.2, 0.25) is 0 Å². The van der Waals surface area contributed by atoms with E-state index in [9.17, 15) is 10.0 Å². The average molecular weight is 102 g/mol. The maximum absolute atomic E-state index is 9.35. The molecular weight excluding hydrogens is 96.7 g/mol. The topological polar surface area (TPSA) is 55.3 Å². The number of rotatable bonds is 2. The van der Waals surface area contributed by atoms with E-state index in [1.807, 2.05) is 0 Å². The van der Waals surface area contributed by atoms with Crippen LogP contribution in [0.1, 0.15) is 6.92 Å².